The first-order valence-electron chi connectivity index (χ1n) is 8.50. The lowest BCUT2D eigenvalue weighted by molar-refractivity contribution is -0.138. The highest BCUT2D eigenvalue weighted by molar-refractivity contribution is 5.91. The van der Waals surface area contributed by atoms with E-state index < -0.39 is 5.97 Å². The summed E-state index contributed by atoms with van der Waals surface area (Å²) in [5.41, 5.74) is 1.16. The molecule has 8 heteroatoms. The largest absolute Gasteiger partial charge is 0.481 e. The minimum Gasteiger partial charge on any atom is -0.481 e. The van der Waals surface area contributed by atoms with Crippen molar-refractivity contribution in [2.24, 2.45) is 0 Å². The van der Waals surface area contributed by atoms with Gasteiger partial charge in [-0.05, 0) is 24.3 Å². The molecule has 1 saturated heterocycles. The van der Waals surface area contributed by atoms with E-state index in [9.17, 15) is 9.59 Å². The zero-order chi connectivity index (χ0) is 18.4. The average Bonchev–Trinajstić information content (AvgIpc) is 2.67. The number of pyridine rings is 2. The minimum absolute atomic E-state index is 0.0636. The maximum Gasteiger partial charge on any atom is 0.303 e. The van der Waals surface area contributed by atoms with Gasteiger partial charge in [0.2, 0.25) is 5.91 Å². The minimum atomic E-state index is -0.992. The predicted octanol–water partition coefficient (Wildman–Crippen LogP) is 1.61. The number of hydrogen-bond acceptors (Lipinski definition) is 6. The van der Waals surface area contributed by atoms with E-state index >= 15 is 0 Å². The van der Waals surface area contributed by atoms with Gasteiger partial charge in [0.05, 0.1) is 6.42 Å². The van der Waals surface area contributed by atoms with Crippen molar-refractivity contribution in [3.63, 3.8) is 0 Å². The number of piperazine rings is 1. The smallest absolute Gasteiger partial charge is 0.303 e. The monoisotopic (exact) mass is 355 g/mol. The van der Waals surface area contributed by atoms with Gasteiger partial charge in [0.1, 0.15) is 11.6 Å². The molecule has 136 valence electrons. The number of carbonyl (C=O) groups excluding carboxylic acids is 1. The molecule has 3 rings (SSSR count). The Kier molecular flexibility index (Phi) is 5.62. The number of aliphatic carboxylic acids is 1. The summed E-state index contributed by atoms with van der Waals surface area (Å²) < 4.78 is 0. The van der Waals surface area contributed by atoms with Gasteiger partial charge in [-0.1, -0.05) is 6.07 Å². The van der Waals surface area contributed by atoms with Gasteiger partial charge in [-0.3, -0.25) is 14.6 Å². The van der Waals surface area contributed by atoms with E-state index in [0.29, 0.717) is 5.82 Å². The van der Waals surface area contributed by atoms with E-state index in [0.717, 1.165) is 37.7 Å². The number of rotatable bonds is 6. The maximum atomic E-state index is 11.8. The highest BCUT2D eigenvalue weighted by Gasteiger charge is 2.18. The lowest BCUT2D eigenvalue weighted by Crippen LogP contribution is -2.46. The van der Waals surface area contributed by atoms with E-state index in [4.69, 9.17) is 5.11 Å². The van der Waals surface area contributed by atoms with Crippen LogP contribution in [0.2, 0.25) is 0 Å². The third-order valence-corrected chi connectivity index (χ3v) is 4.20. The Morgan fingerprint density at radius 2 is 1.69 bits per heavy atom. The number of aromatic nitrogens is 2. The highest BCUT2D eigenvalue weighted by Crippen LogP contribution is 2.20. The van der Waals surface area contributed by atoms with E-state index in [1.165, 1.54) is 0 Å². The molecule has 0 saturated carbocycles. The van der Waals surface area contributed by atoms with Crippen LogP contribution >= 0.6 is 0 Å². The number of carbonyl (C=O) groups is 2. The lowest BCUT2D eigenvalue weighted by atomic mass is 10.2. The number of nitrogens with one attached hydrogen (secondary N) is 1. The highest BCUT2D eigenvalue weighted by atomic mass is 16.4. The number of nitrogens with zero attached hydrogens (tertiary/aromatic N) is 4. The zero-order valence-electron chi connectivity index (χ0n) is 14.3. The lowest BCUT2D eigenvalue weighted by Gasteiger charge is -2.36. The predicted molar refractivity (Wildman–Crippen MR) is 98.4 cm³/mol. The van der Waals surface area contributed by atoms with Crippen molar-refractivity contribution in [3.05, 3.63) is 42.7 Å². The Balaban J connectivity index is 1.57. The summed E-state index contributed by atoms with van der Waals surface area (Å²) in [7, 11) is 0. The van der Waals surface area contributed by atoms with Crippen LogP contribution in [0.1, 0.15) is 12.8 Å². The van der Waals surface area contributed by atoms with Crippen LogP contribution in [0.5, 0.6) is 0 Å². The summed E-state index contributed by atoms with van der Waals surface area (Å²) in [4.78, 5) is 35.3. The zero-order valence-corrected chi connectivity index (χ0v) is 14.3. The van der Waals surface area contributed by atoms with Gasteiger partial charge in [-0.2, -0.15) is 0 Å². The molecular formula is C18H21N5O3. The molecule has 0 aromatic carbocycles. The van der Waals surface area contributed by atoms with Gasteiger partial charge in [0, 0.05) is 50.7 Å². The van der Waals surface area contributed by atoms with Crippen molar-refractivity contribution < 1.29 is 14.7 Å². The first kappa shape index (κ1) is 17.7. The van der Waals surface area contributed by atoms with Gasteiger partial charge in [0.15, 0.2) is 0 Å². The van der Waals surface area contributed by atoms with Crippen molar-refractivity contribution in [1.82, 2.24) is 9.97 Å². The van der Waals surface area contributed by atoms with Crippen molar-refractivity contribution in [2.75, 3.05) is 41.3 Å². The number of carboxylic acid groups (broad SMARTS) is 1. The fraction of sp³-hybridized carbons (Fsp3) is 0.333. The molecule has 0 spiro atoms. The summed E-state index contributed by atoms with van der Waals surface area (Å²) in [6.45, 7) is 3.40. The van der Waals surface area contributed by atoms with E-state index in [1.54, 1.807) is 18.5 Å². The quantitative estimate of drug-likeness (QED) is 0.812. The van der Waals surface area contributed by atoms with Crippen LogP contribution in [0.25, 0.3) is 0 Å². The molecule has 2 N–H and O–H groups in total. The number of anilines is 3. The fourth-order valence-corrected chi connectivity index (χ4v) is 2.84. The van der Waals surface area contributed by atoms with Crippen molar-refractivity contribution in [1.29, 1.82) is 0 Å². The molecule has 2 aromatic rings. The third kappa shape index (κ3) is 4.69. The summed E-state index contributed by atoms with van der Waals surface area (Å²) in [5, 5.41) is 11.3. The number of hydrogen-bond donors (Lipinski definition) is 2. The second kappa shape index (κ2) is 8.28. The topological polar surface area (TPSA) is 98.7 Å². The van der Waals surface area contributed by atoms with Gasteiger partial charge >= 0.3 is 5.97 Å². The Labute approximate surface area is 151 Å². The fourth-order valence-electron chi connectivity index (χ4n) is 2.84. The van der Waals surface area contributed by atoms with Crippen LogP contribution in [-0.2, 0) is 9.59 Å². The molecule has 0 bridgehead atoms. The van der Waals surface area contributed by atoms with Crippen LogP contribution in [0.4, 0.5) is 17.3 Å². The summed E-state index contributed by atoms with van der Waals surface area (Å²) >= 11 is 0. The van der Waals surface area contributed by atoms with Gasteiger partial charge in [-0.15, -0.1) is 0 Å². The first-order valence-corrected chi connectivity index (χ1v) is 8.50. The summed E-state index contributed by atoms with van der Waals surface area (Å²) in [5.74, 6) is -0.0988. The average molecular weight is 355 g/mol. The third-order valence-electron chi connectivity index (χ3n) is 4.20. The second-order valence-electron chi connectivity index (χ2n) is 6.00. The van der Waals surface area contributed by atoms with Crippen molar-refractivity contribution in [3.8, 4) is 0 Å². The van der Waals surface area contributed by atoms with Gasteiger partial charge < -0.3 is 20.2 Å². The Morgan fingerprint density at radius 1 is 1.00 bits per heavy atom. The van der Waals surface area contributed by atoms with E-state index in [-0.39, 0.29) is 18.7 Å². The number of amides is 1. The van der Waals surface area contributed by atoms with Crippen molar-refractivity contribution >= 4 is 29.2 Å². The van der Waals surface area contributed by atoms with Crippen LogP contribution in [0.3, 0.4) is 0 Å². The molecule has 1 aliphatic heterocycles. The first-order chi connectivity index (χ1) is 12.6. The van der Waals surface area contributed by atoms with Crippen LogP contribution < -0.4 is 15.1 Å². The molecular weight excluding hydrogens is 334 g/mol. The van der Waals surface area contributed by atoms with E-state index in [1.807, 2.05) is 24.3 Å². The normalized spacial score (nSPS) is 14.2. The maximum absolute atomic E-state index is 11.8. The molecule has 1 fully saturated rings. The molecule has 0 unspecified atom stereocenters. The Hall–Kier alpha value is -3.16. The molecule has 3 heterocycles. The molecule has 0 radical (unpaired) electrons. The SMILES string of the molecule is O=C(O)CCC(=O)Nc1cccc(N2CCN(c3ccncc3)CC2)n1. The Morgan fingerprint density at radius 3 is 2.38 bits per heavy atom. The number of carboxylic acids is 1. The van der Waals surface area contributed by atoms with E-state index in [2.05, 4.69) is 25.1 Å². The summed E-state index contributed by atoms with van der Waals surface area (Å²) in [6, 6.07) is 9.46. The molecule has 0 atom stereocenters. The molecule has 2 aromatic heterocycles. The Bertz CT molecular complexity index is 760. The van der Waals surface area contributed by atoms with Crippen LogP contribution in [0.15, 0.2) is 42.7 Å². The standard InChI is InChI=1S/C18H21N5O3/c24-17(4-5-18(25)26)21-15-2-1-3-16(20-15)23-12-10-22(11-13-23)14-6-8-19-9-7-14/h1-3,6-9H,4-5,10-13H2,(H,25,26)(H,20,21,24). The molecule has 26 heavy (non-hydrogen) atoms. The molecule has 0 aliphatic carbocycles. The molecule has 1 aliphatic rings. The molecule has 8 nitrogen and oxygen atoms in total. The van der Waals surface area contributed by atoms with Crippen LogP contribution in [0, 0.1) is 0 Å². The van der Waals surface area contributed by atoms with Gasteiger partial charge in [-0.25, -0.2) is 4.98 Å². The second-order valence-corrected chi connectivity index (χ2v) is 6.00. The molecule has 1 amide bonds. The van der Waals surface area contributed by atoms with Gasteiger partial charge in [0.25, 0.3) is 0 Å². The summed E-state index contributed by atoms with van der Waals surface area (Å²) in [6.07, 6.45) is 3.33. The van der Waals surface area contributed by atoms with Crippen molar-refractivity contribution in [2.45, 2.75) is 12.8 Å². The van der Waals surface area contributed by atoms with Crippen LogP contribution in [-0.4, -0.2) is 53.1 Å².